The van der Waals surface area contributed by atoms with E-state index in [0.29, 0.717) is 0 Å². The van der Waals surface area contributed by atoms with Gasteiger partial charge in [0.05, 0.1) is 0 Å². The van der Waals surface area contributed by atoms with Crippen LogP contribution in [0.5, 0.6) is 23.0 Å². The van der Waals surface area contributed by atoms with Crippen molar-refractivity contribution in [2.75, 3.05) is 10.6 Å². The molecule has 5 aromatic carbocycles. The second kappa shape index (κ2) is 19.7. The van der Waals surface area contributed by atoms with E-state index in [1.54, 1.807) is 24.3 Å². The molecular formula is C36H38N2O4. The van der Waals surface area contributed by atoms with E-state index in [0.717, 1.165) is 34.4 Å². The van der Waals surface area contributed by atoms with Crippen LogP contribution in [0.3, 0.4) is 0 Å². The van der Waals surface area contributed by atoms with Crippen molar-refractivity contribution in [3.05, 3.63) is 146 Å². The summed E-state index contributed by atoms with van der Waals surface area (Å²) in [6, 6.07) is 45.6. The largest absolute Gasteiger partial charge is 0.457 e. The second-order valence-electron chi connectivity index (χ2n) is 8.40. The van der Waals surface area contributed by atoms with Crippen LogP contribution < -0.4 is 20.1 Å². The van der Waals surface area contributed by atoms with Gasteiger partial charge in [-0.3, -0.25) is 9.59 Å². The summed E-state index contributed by atoms with van der Waals surface area (Å²) in [5.74, 6) is 2.90. The van der Waals surface area contributed by atoms with Gasteiger partial charge in [-0.25, -0.2) is 0 Å². The molecule has 5 rings (SSSR count). The van der Waals surface area contributed by atoms with E-state index in [1.807, 2.05) is 135 Å². The van der Waals surface area contributed by atoms with Crippen LogP contribution in [0.25, 0.3) is 0 Å². The predicted octanol–water partition coefficient (Wildman–Crippen LogP) is 9.59. The first-order valence-corrected chi connectivity index (χ1v) is 13.7. The molecule has 0 aromatic heterocycles. The van der Waals surface area contributed by atoms with Gasteiger partial charge in [-0.05, 0) is 72.8 Å². The molecule has 0 atom stereocenters. The molecule has 2 N–H and O–H groups in total. The summed E-state index contributed by atoms with van der Waals surface area (Å²) in [5, 5.41) is 5.40. The lowest BCUT2D eigenvalue weighted by Crippen LogP contribution is -2.05. The second-order valence-corrected chi connectivity index (χ2v) is 8.40. The quantitative estimate of drug-likeness (QED) is 0.216. The third-order valence-electron chi connectivity index (χ3n) is 4.97. The van der Waals surface area contributed by atoms with Crippen LogP contribution in [0.1, 0.15) is 27.7 Å². The molecule has 42 heavy (non-hydrogen) atoms. The fraction of sp³-hybridized carbons (Fsp3) is 0.111. The molecule has 6 heteroatoms. The maximum atomic E-state index is 10.8. The Kier molecular flexibility index (Phi) is 15.4. The minimum atomic E-state index is -0.0817. The van der Waals surface area contributed by atoms with E-state index in [2.05, 4.69) is 10.6 Å². The van der Waals surface area contributed by atoms with Crippen LogP contribution in [-0.2, 0) is 9.59 Å². The first-order valence-electron chi connectivity index (χ1n) is 13.7. The number of carbonyl (C=O) groups excluding carboxylic acids is 2. The summed E-state index contributed by atoms with van der Waals surface area (Å²) in [7, 11) is 0. The third kappa shape index (κ3) is 14.1. The number of rotatable bonds is 6. The maximum Gasteiger partial charge on any atom is 0.221 e. The minimum Gasteiger partial charge on any atom is -0.457 e. The highest BCUT2D eigenvalue weighted by Gasteiger charge is 1.99. The molecule has 0 spiro atoms. The van der Waals surface area contributed by atoms with E-state index >= 15 is 0 Å². The summed E-state index contributed by atoms with van der Waals surface area (Å²) in [5.41, 5.74) is 1.52. The van der Waals surface area contributed by atoms with Crippen LogP contribution in [0, 0.1) is 0 Å². The number of amides is 2. The molecule has 0 aliphatic carbocycles. The molecule has 6 nitrogen and oxygen atoms in total. The zero-order valence-corrected chi connectivity index (χ0v) is 24.5. The standard InChI is InChI=1S/2C14H13NO2.C6H6.C2H6/c2*1-11(16)15-12-7-9-14(10-8-12)17-13-5-3-2-4-6-13;1-2-4-6-5-3-1;1-2/h2*2-10H,1H3,(H,15,16);1-6H;1-2H3. The number of anilines is 2. The number of ether oxygens (including phenoxy) is 2. The fourth-order valence-corrected chi connectivity index (χ4v) is 3.25. The Morgan fingerprint density at radius 1 is 0.405 bits per heavy atom. The van der Waals surface area contributed by atoms with Gasteiger partial charge in [-0.2, -0.15) is 0 Å². The van der Waals surface area contributed by atoms with Gasteiger partial charge in [0.2, 0.25) is 11.8 Å². The van der Waals surface area contributed by atoms with Crippen molar-refractivity contribution in [2.45, 2.75) is 27.7 Å². The predicted molar refractivity (Wildman–Crippen MR) is 172 cm³/mol. The van der Waals surface area contributed by atoms with Gasteiger partial charge >= 0.3 is 0 Å². The van der Waals surface area contributed by atoms with Gasteiger partial charge in [-0.15, -0.1) is 0 Å². The third-order valence-corrected chi connectivity index (χ3v) is 4.97. The minimum absolute atomic E-state index is 0.0817. The lowest BCUT2D eigenvalue weighted by Gasteiger charge is -2.06. The number of nitrogens with one attached hydrogen (secondary N) is 2. The van der Waals surface area contributed by atoms with E-state index in [4.69, 9.17) is 9.47 Å². The Balaban J connectivity index is 0.000000234. The average Bonchev–Trinajstić information content (AvgIpc) is 3.02. The monoisotopic (exact) mass is 562 g/mol. The SMILES string of the molecule is CC.CC(=O)Nc1ccc(Oc2ccccc2)cc1.CC(=O)Nc1ccc(Oc2ccccc2)cc1.c1ccccc1. The van der Waals surface area contributed by atoms with Gasteiger partial charge in [0, 0.05) is 25.2 Å². The fourth-order valence-electron chi connectivity index (χ4n) is 3.25. The van der Waals surface area contributed by atoms with Crippen molar-refractivity contribution in [1.82, 2.24) is 0 Å². The molecule has 0 unspecified atom stereocenters. The van der Waals surface area contributed by atoms with Gasteiger partial charge in [-0.1, -0.05) is 86.6 Å². The first-order chi connectivity index (χ1) is 20.5. The molecule has 0 heterocycles. The van der Waals surface area contributed by atoms with Crippen molar-refractivity contribution in [1.29, 1.82) is 0 Å². The van der Waals surface area contributed by atoms with Crippen molar-refractivity contribution >= 4 is 23.2 Å². The lowest BCUT2D eigenvalue weighted by molar-refractivity contribution is -0.115. The van der Waals surface area contributed by atoms with E-state index in [9.17, 15) is 9.59 Å². The normalized spacial score (nSPS) is 9.14. The molecule has 0 fully saturated rings. The van der Waals surface area contributed by atoms with Crippen LogP contribution in [0.4, 0.5) is 11.4 Å². The summed E-state index contributed by atoms with van der Waals surface area (Å²) in [6.07, 6.45) is 0. The molecule has 0 saturated carbocycles. The number of carbonyl (C=O) groups is 2. The summed E-state index contributed by atoms with van der Waals surface area (Å²) < 4.78 is 11.3. The van der Waals surface area contributed by atoms with Crippen LogP contribution >= 0.6 is 0 Å². The molecule has 5 aromatic rings. The van der Waals surface area contributed by atoms with Crippen molar-refractivity contribution in [2.24, 2.45) is 0 Å². The molecular weight excluding hydrogens is 524 g/mol. The Morgan fingerprint density at radius 2 is 0.643 bits per heavy atom. The summed E-state index contributed by atoms with van der Waals surface area (Å²) in [4.78, 5) is 21.7. The molecule has 0 saturated heterocycles. The molecule has 0 bridgehead atoms. The molecule has 216 valence electrons. The van der Waals surface area contributed by atoms with Crippen LogP contribution in [-0.4, -0.2) is 11.8 Å². The Hall–Kier alpha value is -5.36. The van der Waals surface area contributed by atoms with Crippen molar-refractivity contribution in [3.63, 3.8) is 0 Å². The maximum absolute atomic E-state index is 10.8. The zero-order chi connectivity index (χ0) is 30.4. The smallest absolute Gasteiger partial charge is 0.221 e. The number of para-hydroxylation sites is 2. The first kappa shape index (κ1) is 32.8. The Morgan fingerprint density at radius 3 is 0.905 bits per heavy atom. The van der Waals surface area contributed by atoms with E-state index < -0.39 is 0 Å². The number of hydrogen-bond acceptors (Lipinski definition) is 4. The van der Waals surface area contributed by atoms with Gasteiger partial charge in [0.15, 0.2) is 0 Å². The summed E-state index contributed by atoms with van der Waals surface area (Å²) >= 11 is 0. The van der Waals surface area contributed by atoms with Gasteiger partial charge in [0.25, 0.3) is 0 Å². The van der Waals surface area contributed by atoms with Gasteiger partial charge < -0.3 is 20.1 Å². The topological polar surface area (TPSA) is 76.7 Å². The average molecular weight is 563 g/mol. The zero-order valence-electron chi connectivity index (χ0n) is 24.5. The lowest BCUT2D eigenvalue weighted by atomic mass is 10.3. The van der Waals surface area contributed by atoms with Crippen molar-refractivity contribution < 1.29 is 19.1 Å². The Labute approximate surface area is 249 Å². The van der Waals surface area contributed by atoms with Crippen LogP contribution in [0.2, 0.25) is 0 Å². The Bertz CT molecular complexity index is 1290. The summed E-state index contributed by atoms with van der Waals surface area (Å²) in [6.45, 7) is 6.96. The highest BCUT2D eigenvalue weighted by Crippen LogP contribution is 2.23. The molecule has 0 aliphatic heterocycles. The van der Waals surface area contributed by atoms with Crippen molar-refractivity contribution in [3.8, 4) is 23.0 Å². The highest BCUT2D eigenvalue weighted by atomic mass is 16.5. The van der Waals surface area contributed by atoms with E-state index in [1.165, 1.54) is 13.8 Å². The van der Waals surface area contributed by atoms with Gasteiger partial charge in [0.1, 0.15) is 23.0 Å². The molecule has 0 radical (unpaired) electrons. The van der Waals surface area contributed by atoms with E-state index in [-0.39, 0.29) is 11.8 Å². The molecule has 2 amide bonds. The number of benzene rings is 5. The van der Waals surface area contributed by atoms with Crippen LogP contribution in [0.15, 0.2) is 146 Å². The molecule has 0 aliphatic rings. The highest BCUT2D eigenvalue weighted by molar-refractivity contribution is 5.89. The number of hydrogen-bond donors (Lipinski definition) is 2.